The number of hydrogen-bond acceptors (Lipinski definition) is 5. The molecule has 1 aliphatic heterocycles. The van der Waals surface area contributed by atoms with Gasteiger partial charge in [-0.05, 0) is 31.5 Å². The van der Waals surface area contributed by atoms with Gasteiger partial charge < -0.3 is 10.4 Å². The molecule has 0 saturated heterocycles. The Bertz CT molecular complexity index is 963. The van der Waals surface area contributed by atoms with Crippen LogP contribution >= 0.6 is 0 Å². The highest BCUT2D eigenvalue weighted by atomic mass is 16.6. The number of non-ortho nitro benzene ring substituents is 1. The molecule has 2 N–H and O–H groups in total. The first-order valence-electron chi connectivity index (χ1n) is 7.97. The van der Waals surface area contributed by atoms with E-state index in [0.29, 0.717) is 16.8 Å². The fraction of sp³-hybridized carbons (Fsp3) is 0.158. The Morgan fingerprint density at radius 3 is 2.73 bits per heavy atom. The summed E-state index contributed by atoms with van der Waals surface area (Å²) in [7, 11) is 0. The van der Waals surface area contributed by atoms with Crippen molar-refractivity contribution in [3.8, 4) is 0 Å². The SMILES string of the molecule is CC1=CC(c2cccc([N+](=O)[O-])c2)C(c2ncccc2C(=O)O)=C(C)N1. The maximum absolute atomic E-state index is 11.6. The summed E-state index contributed by atoms with van der Waals surface area (Å²) in [5.74, 6) is -1.42. The van der Waals surface area contributed by atoms with Gasteiger partial charge in [-0.2, -0.15) is 0 Å². The van der Waals surface area contributed by atoms with Crippen LogP contribution in [0, 0.1) is 10.1 Å². The van der Waals surface area contributed by atoms with Gasteiger partial charge in [-0.15, -0.1) is 0 Å². The molecule has 132 valence electrons. The molecule has 3 rings (SSSR count). The number of carboxylic acid groups (broad SMARTS) is 1. The summed E-state index contributed by atoms with van der Waals surface area (Å²) in [5, 5.41) is 23.9. The maximum atomic E-state index is 11.6. The molecule has 26 heavy (non-hydrogen) atoms. The van der Waals surface area contributed by atoms with Crippen molar-refractivity contribution >= 4 is 17.2 Å². The fourth-order valence-electron chi connectivity index (χ4n) is 3.18. The zero-order valence-electron chi connectivity index (χ0n) is 14.3. The van der Waals surface area contributed by atoms with Crippen molar-refractivity contribution in [2.24, 2.45) is 0 Å². The lowest BCUT2D eigenvalue weighted by molar-refractivity contribution is -0.384. The van der Waals surface area contributed by atoms with Gasteiger partial charge in [0.1, 0.15) is 0 Å². The Morgan fingerprint density at radius 2 is 2.04 bits per heavy atom. The summed E-state index contributed by atoms with van der Waals surface area (Å²) in [6, 6.07) is 9.44. The molecule has 1 aromatic carbocycles. The van der Waals surface area contributed by atoms with Gasteiger partial charge in [-0.3, -0.25) is 15.1 Å². The highest BCUT2D eigenvalue weighted by Crippen LogP contribution is 2.39. The maximum Gasteiger partial charge on any atom is 0.337 e. The number of nitro groups is 1. The molecule has 0 radical (unpaired) electrons. The second kappa shape index (κ2) is 6.79. The van der Waals surface area contributed by atoms with E-state index in [2.05, 4.69) is 10.3 Å². The Kier molecular flexibility index (Phi) is 4.53. The number of nitro benzene ring substituents is 1. The van der Waals surface area contributed by atoms with Crippen molar-refractivity contribution in [2.75, 3.05) is 0 Å². The molecule has 7 nitrogen and oxygen atoms in total. The van der Waals surface area contributed by atoms with Crippen LogP contribution < -0.4 is 5.32 Å². The molecular formula is C19H17N3O4. The molecule has 0 spiro atoms. The molecule has 1 atom stereocenters. The second-order valence-corrected chi connectivity index (χ2v) is 6.05. The number of carboxylic acids is 1. The number of rotatable bonds is 4. The van der Waals surface area contributed by atoms with Crippen LogP contribution in [0.15, 0.2) is 60.1 Å². The van der Waals surface area contributed by atoms with E-state index >= 15 is 0 Å². The molecule has 1 aromatic heterocycles. The molecule has 7 heteroatoms. The number of carbonyl (C=O) groups is 1. The average Bonchev–Trinajstić information content (AvgIpc) is 2.61. The number of benzene rings is 1. The summed E-state index contributed by atoms with van der Waals surface area (Å²) in [4.78, 5) is 26.6. The standard InChI is InChI=1S/C19H17N3O4/c1-11-9-16(13-5-3-6-14(10-13)22(25)26)17(12(2)21-11)18-15(19(23)24)7-4-8-20-18/h3-10,16,21H,1-2H3,(H,23,24). The van der Waals surface area contributed by atoms with Crippen molar-refractivity contribution in [1.82, 2.24) is 10.3 Å². The second-order valence-electron chi connectivity index (χ2n) is 6.05. The number of pyridine rings is 1. The van der Waals surface area contributed by atoms with E-state index in [0.717, 1.165) is 11.4 Å². The van der Waals surface area contributed by atoms with Crippen LogP contribution in [0.1, 0.15) is 41.4 Å². The Labute approximate surface area is 149 Å². The van der Waals surface area contributed by atoms with Crippen molar-refractivity contribution < 1.29 is 14.8 Å². The van der Waals surface area contributed by atoms with Crippen LogP contribution in [0.4, 0.5) is 5.69 Å². The molecule has 0 fully saturated rings. The van der Waals surface area contributed by atoms with E-state index in [9.17, 15) is 20.0 Å². The molecule has 0 aliphatic carbocycles. The number of allylic oxidation sites excluding steroid dienone is 4. The minimum atomic E-state index is -1.07. The number of dihydropyridines is 1. The Hall–Kier alpha value is -3.48. The first-order chi connectivity index (χ1) is 12.4. The van der Waals surface area contributed by atoms with Crippen molar-refractivity contribution in [3.05, 3.63) is 87.0 Å². The Balaban J connectivity index is 2.20. The van der Waals surface area contributed by atoms with E-state index in [1.165, 1.54) is 24.4 Å². The van der Waals surface area contributed by atoms with Crippen molar-refractivity contribution in [2.45, 2.75) is 19.8 Å². The van der Waals surface area contributed by atoms with Crippen LogP contribution in [-0.2, 0) is 0 Å². The normalized spacial score (nSPS) is 16.7. The molecule has 1 unspecified atom stereocenters. The van der Waals surface area contributed by atoms with Crippen LogP contribution in [0.5, 0.6) is 0 Å². The predicted molar refractivity (Wildman–Crippen MR) is 96.5 cm³/mol. The smallest absolute Gasteiger partial charge is 0.337 e. The van der Waals surface area contributed by atoms with E-state index in [4.69, 9.17) is 0 Å². The van der Waals surface area contributed by atoms with E-state index < -0.39 is 10.9 Å². The van der Waals surface area contributed by atoms with E-state index in [1.54, 1.807) is 18.2 Å². The molecular weight excluding hydrogens is 334 g/mol. The summed E-state index contributed by atoms with van der Waals surface area (Å²) in [6.45, 7) is 3.73. The number of hydrogen-bond donors (Lipinski definition) is 2. The van der Waals surface area contributed by atoms with Gasteiger partial charge in [0.05, 0.1) is 16.2 Å². The monoisotopic (exact) mass is 351 g/mol. The van der Waals surface area contributed by atoms with Gasteiger partial charge in [-0.25, -0.2) is 4.79 Å². The zero-order chi connectivity index (χ0) is 18.8. The number of nitrogens with one attached hydrogen (secondary N) is 1. The van der Waals surface area contributed by atoms with Crippen LogP contribution in [0.3, 0.4) is 0 Å². The zero-order valence-corrected chi connectivity index (χ0v) is 14.3. The summed E-state index contributed by atoms with van der Waals surface area (Å²) in [6.07, 6.45) is 3.46. The van der Waals surface area contributed by atoms with Gasteiger partial charge in [0.15, 0.2) is 0 Å². The van der Waals surface area contributed by atoms with E-state index in [1.807, 2.05) is 19.9 Å². The molecule has 2 aromatic rings. The van der Waals surface area contributed by atoms with Gasteiger partial charge in [0.25, 0.3) is 5.69 Å². The molecule has 0 bridgehead atoms. The summed E-state index contributed by atoms with van der Waals surface area (Å²) < 4.78 is 0. The predicted octanol–water partition coefficient (Wildman–Crippen LogP) is 3.71. The average molecular weight is 351 g/mol. The van der Waals surface area contributed by atoms with Crippen molar-refractivity contribution in [3.63, 3.8) is 0 Å². The number of nitrogens with zero attached hydrogens (tertiary/aromatic N) is 2. The Morgan fingerprint density at radius 1 is 1.27 bits per heavy atom. The van der Waals surface area contributed by atoms with Gasteiger partial charge in [0.2, 0.25) is 0 Å². The summed E-state index contributed by atoms with van der Waals surface area (Å²) >= 11 is 0. The number of aromatic carboxylic acids is 1. The lowest BCUT2D eigenvalue weighted by atomic mass is 9.83. The van der Waals surface area contributed by atoms with Crippen LogP contribution in [-0.4, -0.2) is 21.0 Å². The molecule has 0 saturated carbocycles. The molecule has 1 aliphatic rings. The minimum Gasteiger partial charge on any atom is -0.478 e. The minimum absolute atomic E-state index is 0.0106. The largest absolute Gasteiger partial charge is 0.478 e. The van der Waals surface area contributed by atoms with Crippen LogP contribution in [0.25, 0.3) is 5.57 Å². The lowest BCUT2D eigenvalue weighted by Crippen LogP contribution is -2.21. The number of aromatic nitrogens is 1. The van der Waals surface area contributed by atoms with E-state index in [-0.39, 0.29) is 17.2 Å². The highest BCUT2D eigenvalue weighted by Gasteiger charge is 2.28. The quantitative estimate of drug-likeness (QED) is 0.642. The third-order valence-electron chi connectivity index (χ3n) is 4.25. The molecule has 2 heterocycles. The van der Waals surface area contributed by atoms with Gasteiger partial charge in [-0.1, -0.05) is 18.2 Å². The topological polar surface area (TPSA) is 105 Å². The third kappa shape index (κ3) is 3.19. The lowest BCUT2D eigenvalue weighted by Gasteiger charge is -2.27. The first-order valence-corrected chi connectivity index (χ1v) is 7.97. The summed E-state index contributed by atoms with van der Waals surface area (Å²) in [5.41, 5.74) is 3.48. The third-order valence-corrected chi connectivity index (χ3v) is 4.25. The fourth-order valence-corrected chi connectivity index (χ4v) is 3.18. The van der Waals surface area contributed by atoms with Gasteiger partial charge in [0, 0.05) is 41.2 Å². The first kappa shape index (κ1) is 17.3. The van der Waals surface area contributed by atoms with Crippen molar-refractivity contribution in [1.29, 1.82) is 0 Å². The van der Waals surface area contributed by atoms with Gasteiger partial charge >= 0.3 is 5.97 Å². The van der Waals surface area contributed by atoms with Crippen LogP contribution in [0.2, 0.25) is 0 Å². The molecule has 0 amide bonds. The highest BCUT2D eigenvalue weighted by molar-refractivity contribution is 5.94.